The lowest BCUT2D eigenvalue weighted by atomic mass is 10.0. The van der Waals surface area contributed by atoms with Gasteiger partial charge in [0.25, 0.3) is 15.9 Å². The first-order valence-corrected chi connectivity index (χ1v) is 11.8. The zero-order valence-electron chi connectivity index (χ0n) is 17.6. The molecule has 3 rings (SSSR count). The fourth-order valence-electron chi connectivity index (χ4n) is 3.26. The van der Waals surface area contributed by atoms with Crippen LogP contribution in [0.25, 0.3) is 0 Å². The van der Waals surface area contributed by atoms with Crippen LogP contribution in [0.4, 0.5) is 5.69 Å². The summed E-state index contributed by atoms with van der Waals surface area (Å²) in [7, 11) is -3.99. The van der Waals surface area contributed by atoms with Gasteiger partial charge in [-0.2, -0.15) is 0 Å². The normalized spacial score (nSPS) is 12.3. The molecule has 1 atom stereocenters. The third kappa shape index (κ3) is 5.27. The zero-order chi connectivity index (χ0) is 22.6. The molecule has 0 spiro atoms. The van der Waals surface area contributed by atoms with Crippen molar-refractivity contribution in [1.82, 2.24) is 5.32 Å². The molecule has 0 aliphatic rings. The number of nitrogens with one attached hydrogen (secondary N) is 2. The van der Waals surface area contributed by atoms with E-state index >= 15 is 0 Å². The Labute approximate surface area is 188 Å². The first kappa shape index (κ1) is 22.8. The maximum atomic E-state index is 13.0. The smallest absolute Gasteiger partial charge is 0.263 e. The number of amides is 1. The molecule has 0 aliphatic carbocycles. The van der Waals surface area contributed by atoms with Crippen LogP contribution < -0.4 is 10.0 Å². The fourth-order valence-corrected chi connectivity index (χ4v) is 4.91. The number of aryl methyl sites for hydroxylation is 1. The van der Waals surface area contributed by atoms with Gasteiger partial charge in [-0.3, -0.25) is 9.52 Å². The number of hydrogen-bond donors (Lipinski definition) is 2. The van der Waals surface area contributed by atoms with E-state index in [1.165, 1.54) is 18.2 Å². The molecule has 2 N–H and O–H groups in total. The monoisotopic (exact) mass is 456 g/mol. The molecule has 0 saturated carbocycles. The molecule has 31 heavy (non-hydrogen) atoms. The van der Waals surface area contributed by atoms with Crippen LogP contribution in [0.3, 0.4) is 0 Å². The number of benzene rings is 3. The highest BCUT2D eigenvalue weighted by Crippen LogP contribution is 2.27. The van der Waals surface area contributed by atoms with Crippen LogP contribution in [0.5, 0.6) is 0 Å². The molecule has 0 bridgehead atoms. The van der Waals surface area contributed by atoms with Crippen molar-refractivity contribution >= 4 is 33.2 Å². The summed E-state index contributed by atoms with van der Waals surface area (Å²) < 4.78 is 28.7. The van der Waals surface area contributed by atoms with Gasteiger partial charge < -0.3 is 5.32 Å². The summed E-state index contributed by atoms with van der Waals surface area (Å²) in [6.45, 7) is 5.72. The Kier molecular flexibility index (Phi) is 7.03. The molecule has 3 aromatic carbocycles. The lowest BCUT2D eigenvalue weighted by Crippen LogP contribution is -2.28. The van der Waals surface area contributed by atoms with Gasteiger partial charge in [-0.05, 0) is 61.2 Å². The molecular formula is C24H25ClN2O3S. The minimum Gasteiger partial charge on any atom is -0.345 e. The Balaban J connectivity index is 1.88. The Morgan fingerprint density at radius 2 is 1.71 bits per heavy atom. The van der Waals surface area contributed by atoms with Gasteiger partial charge in [0, 0.05) is 5.56 Å². The van der Waals surface area contributed by atoms with Crippen molar-refractivity contribution in [3.05, 3.63) is 94.0 Å². The third-order valence-electron chi connectivity index (χ3n) is 5.25. The van der Waals surface area contributed by atoms with Gasteiger partial charge in [-0.15, -0.1) is 0 Å². The van der Waals surface area contributed by atoms with E-state index in [4.69, 9.17) is 11.6 Å². The summed E-state index contributed by atoms with van der Waals surface area (Å²) in [5, 5.41) is 3.01. The van der Waals surface area contributed by atoms with E-state index in [1.54, 1.807) is 12.1 Å². The third-order valence-corrected chi connectivity index (χ3v) is 7.09. The Morgan fingerprint density at radius 3 is 2.39 bits per heavy atom. The first-order chi connectivity index (χ1) is 14.7. The van der Waals surface area contributed by atoms with Gasteiger partial charge in [0.05, 0.1) is 16.8 Å². The molecule has 0 radical (unpaired) electrons. The lowest BCUT2D eigenvalue weighted by molar-refractivity contribution is 0.0935. The zero-order valence-corrected chi connectivity index (χ0v) is 19.2. The van der Waals surface area contributed by atoms with Crippen LogP contribution in [-0.2, 0) is 10.0 Å². The molecule has 0 aliphatic heterocycles. The molecule has 162 valence electrons. The van der Waals surface area contributed by atoms with E-state index in [2.05, 4.69) is 10.0 Å². The topological polar surface area (TPSA) is 75.3 Å². The Hall–Kier alpha value is -2.83. The van der Waals surface area contributed by atoms with E-state index < -0.39 is 10.0 Å². The van der Waals surface area contributed by atoms with Crippen molar-refractivity contribution in [2.24, 2.45) is 0 Å². The molecule has 3 aromatic rings. The summed E-state index contributed by atoms with van der Waals surface area (Å²) >= 11 is 6.20. The van der Waals surface area contributed by atoms with Crippen LogP contribution in [0, 0.1) is 13.8 Å². The maximum absolute atomic E-state index is 13.0. The summed E-state index contributed by atoms with van der Waals surface area (Å²) in [5.74, 6) is -0.365. The van der Waals surface area contributed by atoms with E-state index in [9.17, 15) is 13.2 Å². The summed E-state index contributed by atoms with van der Waals surface area (Å²) in [6, 6.07) is 19.1. The molecule has 0 saturated heterocycles. The van der Waals surface area contributed by atoms with Crippen molar-refractivity contribution in [2.75, 3.05) is 4.72 Å². The van der Waals surface area contributed by atoms with Gasteiger partial charge in [-0.1, -0.05) is 61.0 Å². The van der Waals surface area contributed by atoms with E-state index in [1.807, 2.05) is 57.2 Å². The van der Waals surface area contributed by atoms with Gasteiger partial charge >= 0.3 is 0 Å². The van der Waals surface area contributed by atoms with Crippen molar-refractivity contribution in [3.8, 4) is 0 Å². The number of sulfonamides is 1. The Bertz CT molecular complexity index is 1190. The predicted octanol–water partition coefficient (Wildman–Crippen LogP) is 5.64. The quantitative estimate of drug-likeness (QED) is 0.483. The predicted molar refractivity (Wildman–Crippen MR) is 125 cm³/mol. The van der Waals surface area contributed by atoms with Crippen LogP contribution in [-0.4, -0.2) is 14.3 Å². The molecule has 1 amide bonds. The number of halogens is 1. The summed E-state index contributed by atoms with van der Waals surface area (Å²) in [4.78, 5) is 12.7. The largest absolute Gasteiger partial charge is 0.345 e. The van der Waals surface area contributed by atoms with Gasteiger partial charge in [0.2, 0.25) is 0 Å². The van der Waals surface area contributed by atoms with E-state index in [0.717, 1.165) is 16.7 Å². The number of carbonyl (C=O) groups excluding carboxylic acids is 1. The van der Waals surface area contributed by atoms with Gasteiger partial charge in [0.15, 0.2) is 0 Å². The molecule has 7 heteroatoms. The second kappa shape index (κ2) is 9.54. The lowest BCUT2D eigenvalue weighted by Gasteiger charge is -2.18. The van der Waals surface area contributed by atoms with Crippen LogP contribution in [0.15, 0.2) is 71.6 Å². The molecule has 5 nitrogen and oxygen atoms in total. The second-order valence-electron chi connectivity index (χ2n) is 7.34. The molecular weight excluding hydrogens is 432 g/mol. The number of hydrogen-bond acceptors (Lipinski definition) is 3. The van der Waals surface area contributed by atoms with Crippen LogP contribution >= 0.6 is 11.6 Å². The van der Waals surface area contributed by atoms with E-state index in [0.29, 0.717) is 12.1 Å². The molecule has 0 unspecified atom stereocenters. The SMILES string of the molecule is CC[C@@H](NC(=O)c1ccc(Cl)c(S(=O)(=O)Nc2cccc(C)c2C)c1)c1ccccc1. The second-order valence-corrected chi connectivity index (χ2v) is 9.40. The number of rotatable bonds is 7. The summed E-state index contributed by atoms with van der Waals surface area (Å²) in [5.41, 5.74) is 3.47. The van der Waals surface area contributed by atoms with E-state index in [-0.39, 0.29) is 27.4 Å². The number of anilines is 1. The standard InChI is InChI=1S/C24H25ClN2O3S/c1-4-21(18-10-6-5-7-11-18)26-24(28)19-13-14-20(25)23(15-19)31(29,30)27-22-12-8-9-16(2)17(22)3/h5-15,21,27H,4H2,1-3H3,(H,26,28)/t21-/m1/s1. The van der Waals surface area contributed by atoms with Crippen molar-refractivity contribution < 1.29 is 13.2 Å². The van der Waals surface area contributed by atoms with Crippen molar-refractivity contribution in [1.29, 1.82) is 0 Å². The molecule has 0 aromatic heterocycles. The average molecular weight is 457 g/mol. The van der Waals surface area contributed by atoms with Gasteiger partial charge in [-0.25, -0.2) is 8.42 Å². The number of carbonyl (C=O) groups is 1. The fraction of sp³-hybridized carbons (Fsp3) is 0.208. The van der Waals surface area contributed by atoms with Crippen LogP contribution in [0.1, 0.15) is 46.4 Å². The minimum atomic E-state index is -3.99. The maximum Gasteiger partial charge on any atom is 0.263 e. The van der Waals surface area contributed by atoms with Crippen LogP contribution in [0.2, 0.25) is 5.02 Å². The summed E-state index contributed by atoms with van der Waals surface area (Å²) in [6.07, 6.45) is 0.697. The highest BCUT2D eigenvalue weighted by atomic mass is 35.5. The molecule has 0 fully saturated rings. The van der Waals surface area contributed by atoms with Crippen molar-refractivity contribution in [2.45, 2.75) is 38.1 Å². The highest BCUT2D eigenvalue weighted by molar-refractivity contribution is 7.92. The first-order valence-electron chi connectivity index (χ1n) is 9.97. The highest BCUT2D eigenvalue weighted by Gasteiger charge is 2.22. The molecule has 0 heterocycles. The average Bonchev–Trinajstić information content (AvgIpc) is 2.75. The van der Waals surface area contributed by atoms with Gasteiger partial charge in [0.1, 0.15) is 4.90 Å². The van der Waals surface area contributed by atoms with Crippen molar-refractivity contribution in [3.63, 3.8) is 0 Å². The Morgan fingerprint density at radius 1 is 1.00 bits per heavy atom. The minimum absolute atomic E-state index is 0.0458.